The minimum absolute atomic E-state index is 0.162. The summed E-state index contributed by atoms with van der Waals surface area (Å²) in [4.78, 5) is 12.2. The molecular weight excluding hydrogens is 477 g/mol. The van der Waals surface area contributed by atoms with E-state index in [1.165, 1.54) is 11.1 Å². The second-order valence-electron chi connectivity index (χ2n) is 11.1. The van der Waals surface area contributed by atoms with Gasteiger partial charge in [-0.1, -0.05) is 18.9 Å². The molecule has 0 amide bonds. The van der Waals surface area contributed by atoms with Crippen molar-refractivity contribution < 1.29 is 28.3 Å². The first-order valence-electron chi connectivity index (χ1n) is 13.2. The van der Waals surface area contributed by atoms with Crippen molar-refractivity contribution in [2.45, 2.75) is 96.8 Å². The minimum Gasteiger partial charge on any atom is -0.462 e. The van der Waals surface area contributed by atoms with Gasteiger partial charge < -0.3 is 14.4 Å². The van der Waals surface area contributed by atoms with Gasteiger partial charge in [0.15, 0.2) is 0 Å². The summed E-state index contributed by atoms with van der Waals surface area (Å²) in [5, 5.41) is 13.9. The highest BCUT2D eigenvalue weighted by molar-refractivity contribution is 7.52. The maximum absolute atomic E-state index is 13.4. The van der Waals surface area contributed by atoms with Crippen LogP contribution in [0.25, 0.3) is 0 Å². The average Bonchev–Trinajstić information content (AvgIpc) is 3.09. The van der Waals surface area contributed by atoms with Crippen LogP contribution in [-0.2, 0) is 25.0 Å². The Morgan fingerprint density at radius 2 is 2.03 bits per heavy atom. The van der Waals surface area contributed by atoms with Crippen molar-refractivity contribution in [3.63, 3.8) is 0 Å². The second-order valence-corrected chi connectivity index (χ2v) is 12.8. The minimum atomic E-state index is -3.80. The number of benzene rings is 1. The monoisotopic (exact) mass is 517 g/mol. The number of hydrogen-bond acceptors (Lipinski definition) is 6. The van der Waals surface area contributed by atoms with Crippen LogP contribution in [-0.4, -0.2) is 35.4 Å². The van der Waals surface area contributed by atoms with Gasteiger partial charge in [0.1, 0.15) is 17.4 Å². The van der Waals surface area contributed by atoms with Crippen LogP contribution in [0.15, 0.2) is 18.2 Å². The lowest BCUT2D eigenvalue weighted by atomic mass is 9.53. The SMILES string of the molecule is C#C[C@@]1(O)CC[C@@H]2[C@H]3CCc4cc(OP(=O)(N[C@@H](C)C(=O)OC(C)C)OCC)ccc4[C@@H]3CC[C@]21C. The highest BCUT2D eigenvalue weighted by atomic mass is 31.2. The van der Waals surface area contributed by atoms with E-state index in [0.717, 1.165) is 32.1 Å². The Bertz CT molecular complexity index is 1080. The first kappa shape index (κ1) is 27.2. The Morgan fingerprint density at radius 3 is 2.69 bits per heavy atom. The number of aliphatic hydroxyl groups is 1. The van der Waals surface area contributed by atoms with Crippen LogP contribution in [0.1, 0.15) is 83.8 Å². The smallest absolute Gasteiger partial charge is 0.459 e. The van der Waals surface area contributed by atoms with E-state index in [-0.39, 0.29) is 18.1 Å². The van der Waals surface area contributed by atoms with E-state index in [1.807, 2.05) is 12.1 Å². The zero-order valence-electron chi connectivity index (χ0n) is 22.1. The van der Waals surface area contributed by atoms with Crippen molar-refractivity contribution in [3.05, 3.63) is 29.3 Å². The molecule has 0 aliphatic heterocycles. The van der Waals surface area contributed by atoms with Crippen LogP contribution < -0.4 is 9.61 Å². The summed E-state index contributed by atoms with van der Waals surface area (Å²) in [5.74, 6) is 3.99. The van der Waals surface area contributed by atoms with Crippen molar-refractivity contribution >= 4 is 13.7 Å². The molecule has 0 aromatic heterocycles. The molecule has 1 aromatic carbocycles. The average molecular weight is 518 g/mol. The molecule has 8 heteroatoms. The summed E-state index contributed by atoms with van der Waals surface area (Å²) in [6.07, 6.45) is 11.0. The number of terminal acetylenes is 1. The fraction of sp³-hybridized carbons (Fsp3) is 0.679. The maximum atomic E-state index is 13.4. The van der Waals surface area contributed by atoms with Gasteiger partial charge in [-0.25, -0.2) is 4.57 Å². The number of carbonyl (C=O) groups is 1. The molecule has 0 radical (unpaired) electrons. The van der Waals surface area contributed by atoms with Crippen molar-refractivity contribution in [3.8, 4) is 18.1 Å². The molecule has 7 nitrogen and oxygen atoms in total. The Balaban J connectivity index is 1.51. The number of hydrogen-bond donors (Lipinski definition) is 2. The summed E-state index contributed by atoms with van der Waals surface area (Å²) < 4.78 is 29.9. The van der Waals surface area contributed by atoms with Crippen LogP contribution in [0.5, 0.6) is 5.75 Å². The summed E-state index contributed by atoms with van der Waals surface area (Å²) in [7, 11) is -3.80. The van der Waals surface area contributed by atoms with Gasteiger partial charge in [-0.3, -0.25) is 9.32 Å². The van der Waals surface area contributed by atoms with Crippen LogP contribution >= 0.6 is 7.75 Å². The molecule has 198 valence electrons. The van der Waals surface area contributed by atoms with Crippen molar-refractivity contribution in [2.75, 3.05) is 6.61 Å². The number of fused-ring (bicyclic) bond motifs is 5. The summed E-state index contributed by atoms with van der Waals surface area (Å²) in [6, 6.07) is 5.02. The molecule has 7 atom stereocenters. The molecule has 4 rings (SSSR count). The maximum Gasteiger partial charge on any atom is 0.459 e. The quantitative estimate of drug-likeness (QED) is 0.272. The molecule has 2 fully saturated rings. The predicted octanol–water partition coefficient (Wildman–Crippen LogP) is 5.36. The third-order valence-corrected chi connectivity index (χ3v) is 10.4. The highest BCUT2D eigenvalue weighted by Gasteiger charge is 2.61. The van der Waals surface area contributed by atoms with E-state index in [1.54, 1.807) is 27.7 Å². The molecule has 0 heterocycles. The van der Waals surface area contributed by atoms with Gasteiger partial charge in [-0.15, -0.1) is 6.42 Å². The van der Waals surface area contributed by atoms with E-state index < -0.39 is 25.4 Å². The first-order valence-corrected chi connectivity index (χ1v) is 14.7. The van der Waals surface area contributed by atoms with Crippen molar-refractivity contribution in [2.24, 2.45) is 17.3 Å². The Labute approximate surface area is 215 Å². The third-order valence-electron chi connectivity index (χ3n) is 8.67. The number of carbonyl (C=O) groups excluding carboxylic acids is 1. The Hall–Kier alpha value is -1.84. The topological polar surface area (TPSA) is 94.1 Å². The summed E-state index contributed by atoms with van der Waals surface area (Å²) in [6.45, 7) is 9.17. The van der Waals surface area contributed by atoms with Crippen molar-refractivity contribution in [1.82, 2.24) is 5.09 Å². The molecular formula is C28H40NO6P. The fourth-order valence-corrected chi connectivity index (χ4v) is 8.38. The third kappa shape index (κ3) is 4.86. The highest BCUT2D eigenvalue weighted by Crippen LogP contribution is 2.64. The van der Waals surface area contributed by atoms with Gasteiger partial charge in [0, 0.05) is 5.41 Å². The van der Waals surface area contributed by atoms with Gasteiger partial charge in [0.25, 0.3) is 0 Å². The zero-order valence-corrected chi connectivity index (χ0v) is 23.0. The molecule has 0 saturated heterocycles. The van der Waals surface area contributed by atoms with E-state index in [0.29, 0.717) is 29.9 Å². The van der Waals surface area contributed by atoms with Crippen LogP contribution in [0.4, 0.5) is 0 Å². The fourth-order valence-electron chi connectivity index (χ4n) is 6.89. The normalized spacial score (nSPS) is 33.4. The van der Waals surface area contributed by atoms with E-state index in [9.17, 15) is 14.5 Å². The van der Waals surface area contributed by atoms with Gasteiger partial charge >= 0.3 is 13.7 Å². The van der Waals surface area contributed by atoms with E-state index in [2.05, 4.69) is 24.0 Å². The van der Waals surface area contributed by atoms with Crippen LogP contribution in [0.3, 0.4) is 0 Å². The molecule has 1 unspecified atom stereocenters. The summed E-state index contributed by atoms with van der Waals surface area (Å²) in [5.41, 5.74) is 1.27. The first-order chi connectivity index (χ1) is 16.9. The van der Waals surface area contributed by atoms with Gasteiger partial charge in [-0.05, 0) is 107 Å². The lowest BCUT2D eigenvalue weighted by Gasteiger charge is -2.52. The van der Waals surface area contributed by atoms with Crippen molar-refractivity contribution in [1.29, 1.82) is 0 Å². The molecule has 0 spiro atoms. The lowest BCUT2D eigenvalue weighted by molar-refractivity contribution is -0.149. The predicted molar refractivity (Wildman–Crippen MR) is 139 cm³/mol. The Morgan fingerprint density at radius 1 is 1.28 bits per heavy atom. The molecule has 2 saturated carbocycles. The molecule has 36 heavy (non-hydrogen) atoms. The van der Waals surface area contributed by atoms with Crippen LogP contribution in [0, 0.1) is 29.6 Å². The molecule has 3 aliphatic carbocycles. The van der Waals surface area contributed by atoms with E-state index in [4.69, 9.17) is 20.2 Å². The van der Waals surface area contributed by atoms with Gasteiger partial charge in [0.2, 0.25) is 0 Å². The molecule has 0 bridgehead atoms. The Kier molecular flexibility index (Phi) is 7.66. The van der Waals surface area contributed by atoms with Crippen LogP contribution in [0.2, 0.25) is 0 Å². The van der Waals surface area contributed by atoms with Gasteiger partial charge in [0.05, 0.1) is 12.7 Å². The standard InChI is InChI=1S/C28H40NO6P/c1-7-28(31)16-14-25-24-11-9-20-17-21(10-12-22(20)23(24)13-15-27(25,28)6)35-36(32,33-8-2)29-19(5)26(30)34-18(3)4/h1,10,12,17-19,23-25,31H,8-9,11,13-16H2,2-6H3,(H,29,32)/t19-,23-,24-,25+,27+,28+,36?/m0/s1. The molecule has 3 aliphatic rings. The second kappa shape index (κ2) is 10.1. The lowest BCUT2D eigenvalue weighted by Crippen LogP contribution is -2.50. The number of nitrogens with one attached hydrogen (secondary N) is 1. The molecule has 1 aromatic rings. The largest absolute Gasteiger partial charge is 0.462 e. The number of ether oxygens (including phenoxy) is 1. The molecule has 2 N–H and O–H groups in total. The van der Waals surface area contributed by atoms with E-state index >= 15 is 0 Å². The number of rotatable bonds is 8. The zero-order chi connectivity index (χ0) is 26.3. The number of aryl methyl sites for hydroxylation is 1. The summed E-state index contributed by atoms with van der Waals surface area (Å²) >= 11 is 0. The van der Waals surface area contributed by atoms with Gasteiger partial charge in [-0.2, -0.15) is 5.09 Å². The number of esters is 1.